The van der Waals surface area contributed by atoms with Gasteiger partial charge in [0.05, 0.1) is 5.69 Å². The summed E-state index contributed by atoms with van der Waals surface area (Å²) in [5.74, 6) is 0. The number of rotatable bonds is 23. The van der Waals surface area contributed by atoms with Crippen LogP contribution in [0.1, 0.15) is 153 Å². The Balaban J connectivity index is 1.66. The lowest BCUT2D eigenvalue weighted by atomic mass is 9.87. The molecule has 0 radical (unpaired) electrons. The third-order valence-corrected chi connectivity index (χ3v) is 10.5. The van der Waals surface area contributed by atoms with Crippen LogP contribution in [0.5, 0.6) is 0 Å². The lowest BCUT2D eigenvalue weighted by Crippen LogP contribution is -2.02. The van der Waals surface area contributed by atoms with Gasteiger partial charge in [-0.05, 0) is 126 Å². The van der Waals surface area contributed by atoms with Gasteiger partial charge in [-0.25, -0.2) is 0 Å². The van der Waals surface area contributed by atoms with E-state index in [2.05, 4.69) is 132 Å². The minimum absolute atomic E-state index is 0.951. The molecule has 0 aliphatic carbocycles. The SMILES string of the molecule is CCCCCCCCc1cc(N=C(C)C(=Cc2cc(CCCC)c(CCCCCCCC)c(-c3ccccc3)c2)CC)ccc1-c1ccccc1. The summed E-state index contributed by atoms with van der Waals surface area (Å²) in [6, 6.07) is 33.9. The minimum Gasteiger partial charge on any atom is -0.253 e. The molecule has 4 aromatic rings. The number of aliphatic imine (C=N–C) groups is 1. The fourth-order valence-electron chi connectivity index (χ4n) is 7.46. The van der Waals surface area contributed by atoms with Crippen LogP contribution >= 0.6 is 0 Å². The Bertz CT molecular complexity index is 1630. The van der Waals surface area contributed by atoms with E-state index < -0.39 is 0 Å². The molecule has 1 nitrogen and oxygen atoms in total. The number of benzene rings is 4. The molecule has 51 heavy (non-hydrogen) atoms. The molecular formula is C50H67N. The van der Waals surface area contributed by atoms with Crippen molar-refractivity contribution in [2.75, 3.05) is 0 Å². The average Bonchev–Trinajstić information content (AvgIpc) is 3.16. The lowest BCUT2D eigenvalue weighted by Gasteiger charge is -2.18. The molecule has 1 heteroatoms. The Kier molecular flexibility index (Phi) is 18.0. The van der Waals surface area contributed by atoms with Gasteiger partial charge in [0.25, 0.3) is 0 Å². The van der Waals surface area contributed by atoms with Crippen molar-refractivity contribution in [1.29, 1.82) is 0 Å². The van der Waals surface area contributed by atoms with Gasteiger partial charge < -0.3 is 0 Å². The number of allylic oxidation sites excluding steroid dienone is 1. The van der Waals surface area contributed by atoms with E-state index in [9.17, 15) is 0 Å². The van der Waals surface area contributed by atoms with Crippen molar-refractivity contribution < 1.29 is 0 Å². The highest BCUT2D eigenvalue weighted by atomic mass is 14.7. The zero-order valence-electron chi connectivity index (χ0n) is 32.9. The van der Waals surface area contributed by atoms with Gasteiger partial charge in [0.1, 0.15) is 0 Å². The predicted molar refractivity (Wildman–Crippen MR) is 228 cm³/mol. The van der Waals surface area contributed by atoms with Crippen molar-refractivity contribution in [3.8, 4) is 22.3 Å². The second-order valence-corrected chi connectivity index (χ2v) is 14.6. The first-order valence-corrected chi connectivity index (χ1v) is 20.7. The highest BCUT2D eigenvalue weighted by Gasteiger charge is 2.14. The quantitative estimate of drug-likeness (QED) is 0.0546. The van der Waals surface area contributed by atoms with E-state index in [4.69, 9.17) is 4.99 Å². The van der Waals surface area contributed by atoms with Crippen LogP contribution in [-0.4, -0.2) is 5.71 Å². The topological polar surface area (TPSA) is 12.4 Å². The van der Waals surface area contributed by atoms with Gasteiger partial charge in [-0.3, -0.25) is 4.99 Å². The van der Waals surface area contributed by atoms with E-state index in [1.165, 1.54) is 135 Å². The molecule has 0 aromatic heterocycles. The van der Waals surface area contributed by atoms with Crippen molar-refractivity contribution >= 4 is 17.5 Å². The van der Waals surface area contributed by atoms with E-state index >= 15 is 0 Å². The summed E-state index contributed by atoms with van der Waals surface area (Å²) in [5.41, 5.74) is 14.7. The number of hydrogen-bond acceptors (Lipinski definition) is 1. The molecule has 0 spiro atoms. The van der Waals surface area contributed by atoms with Gasteiger partial charge in [0.2, 0.25) is 0 Å². The first-order valence-electron chi connectivity index (χ1n) is 20.7. The fraction of sp³-hybridized carbons (Fsp3) is 0.460. The van der Waals surface area contributed by atoms with Gasteiger partial charge in [-0.1, -0.05) is 171 Å². The van der Waals surface area contributed by atoms with E-state index in [-0.39, 0.29) is 0 Å². The molecule has 0 saturated heterocycles. The number of unbranched alkanes of at least 4 members (excludes halogenated alkanes) is 11. The maximum Gasteiger partial charge on any atom is 0.0636 e. The molecular weight excluding hydrogens is 615 g/mol. The molecule has 0 amide bonds. The molecule has 0 bridgehead atoms. The molecule has 272 valence electrons. The van der Waals surface area contributed by atoms with Crippen molar-refractivity contribution in [2.24, 2.45) is 4.99 Å². The normalized spacial score (nSPS) is 12.1. The Morgan fingerprint density at radius 3 is 1.67 bits per heavy atom. The Morgan fingerprint density at radius 2 is 1.06 bits per heavy atom. The number of aryl methyl sites for hydroxylation is 2. The van der Waals surface area contributed by atoms with Gasteiger partial charge in [0, 0.05) is 5.71 Å². The zero-order valence-corrected chi connectivity index (χ0v) is 32.9. The molecule has 0 atom stereocenters. The molecule has 0 N–H and O–H groups in total. The van der Waals surface area contributed by atoms with E-state index in [1.54, 1.807) is 11.1 Å². The highest BCUT2D eigenvalue weighted by Crippen LogP contribution is 2.33. The summed E-state index contributed by atoms with van der Waals surface area (Å²) in [5, 5.41) is 0. The maximum atomic E-state index is 5.28. The molecule has 4 rings (SSSR count). The van der Waals surface area contributed by atoms with Gasteiger partial charge >= 0.3 is 0 Å². The van der Waals surface area contributed by atoms with Crippen LogP contribution in [0, 0.1) is 0 Å². The van der Waals surface area contributed by atoms with Crippen LogP contribution in [0.15, 0.2) is 102 Å². The molecule has 0 aliphatic heterocycles. The predicted octanol–water partition coefficient (Wildman–Crippen LogP) is 15.8. The third kappa shape index (κ3) is 13.1. The largest absolute Gasteiger partial charge is 0.253 e. The van der Waals surface area contributed by atoms with E-state index in [0.717, 1.165) is 30.7 Å². The fourth-order valence-corrected chi connectivity index (χ4v) is 7.46. The Hall–Kier alpha value is -3.71. The van der Waals surface area contributed by atoms with Crippen LogP contribution < -0.4 is 0 Å². The van der Waals surface area contributed by atoms with Crippen LogP contribution in [0.3, 0.4) is 0 Å². The first-order chi connectivity index (χ1) is 25.1. The molecule has 0 saturated carbocycles. The summed E-state index contributed by atoms with van der Waals surface area (Å²) >= 11 is 0. The van der Waals surface area contributed by atoms with Crippen LogP contribution in [-0.2, 0) is 19.3 Å². The Labute approximate surface area is 312 Å². The molecule has 4 aromatic carbocycles. The summed E-state index contributed by atoms with van der Waals surface area (Å²) < 4.78 is 0. The third-order valence-electron chi connectivity index (χ3n) is 10.5. The van der Waals surface area contributed by atoms with Crippen LogP contribution in [0.2, 0.25) is 0 Å². The molecule has 0 fully saturated rings. The molecule has 0 aliphatic rings. The summed E-state index contributed by atoms with van der Waals surface area (Å²) in [4.78, 5) is 5.28. The zero-order chi connectivity index (χ0) is 36.1. The molecule has 0 unspecified atom stereocenters. The number of hydrogen-bond donors (Lipinski definition) is 0. The van der Waals surface area contributed by atoms with Crippen molar-refractivity contribution in [3.05, 3.63) is 119 Å². The second kappa shape index (κ2) is 23.0. The van der Waals surface area contributed by atoms with Crippen LogP contribution in [0.25, 0.3) is 28.3 Å². The van der Waals surface area contributed by atoms with Crippen LogP contribution in [0.4, 0.5) is 5.69 Å². The smallest absolute Gasteiger partial charge is 0.0636 e. The van der Waals surface area contributed by atoms with Gasteiger partial charge in [-0.15, -0.1) is 0 Å². The van der Waals surface area contributed by atoms with E-state index in [1.807, 2.05) is 0 Å². The minimum atomic E-state index is 0.951. The van der Waals surface area contributed by atoms with Gasteiger partial charge in [0.15, 0.2) is 0 Å². The standard InChI is InChI=1S/C50H67N/c1-6-10-13-15-17-21-32-46-39-47(34-35-48(46)43-28-22-19-23-29-43)51-40(5)42(9-4)36-41-37-45(27-12-8-3)49(33-26-18-16-14-11-7-2)50(38-41)44-30-24-20-25-31-44/h19-20,22-25,28-31,34-39H,6-18,21,26-27,32-33H2,1-5H3. The highest BCUT2D eigenvalue weighted by molar-refractivity contribution is 6.03. The van der Waals surface area contributed by atoms with Crippen molar-refractivity contribution in [1.82, 2.24) is 0 Å². The van der Waals surface area contributed by atoms with Gasteiger partial charge in [-0.2, -0.15) is 0 Å². The lowest BCUT2D eigenvalue weighted by molar-refractivity contribution is 0.606. The second-order valence-electron chi connectivity index (χ2n) is 14.6. The molecule has 0 heterocycles. The van der Waals surface area contributed by atoms with Crippen molar-refractivity contribution in [2.45, 2.75) is 150 Å². The monoisotopic (exact) mass is 682 g/mol. The summed E-state index contributed by atoms with van der Waals surface area (Å²) in [7, 11) is 0. The van der Waals surface area contributed by atoms with E-state index in [0.29, 0.717) is 0 Å². The summed E-state index contributed by atoms with van der Waals surface area (Å²) in [6.07, 6.45) is 25.1. The first kappa shape index (κ1) is 40.1. The Morgan fingerprint density at radius 1 is 0.510 bits per heavy atom. The summed E-state index contributed by atoms with van der Waals surface area (Å²) in [6.45, 7) is 11.4. The number of nitrogens with zero attached hydrogens (tertiary/aromatic N) is 1. The van der Waals surface area contributed by atoms with Crippen molar-refractivity contribution in [3.63, 3.8) is 0 Å². The maximum absolute atomic E-state index is 5.28. The average molecular weight is 682 g/mol.